The normalized spacial score (nSPS) is 0. The van der Waals surface area contributed by atoms with Gasteiger partial charge in [0.2, 0.25) is 0 Å². The molecule has 0 saturated carbocycles. The Morgan fingerprint density at radius 1 is 1.00 bits per heavy atom. The van der Waals surface area contributed by atoms with E-state index in [9.17, 15) is 0 Å². The topological polar surface area (TPSA) is 0 Å². The van der Waals surface area contributed by atoms with E-state index in [0.717, 1.165) is 0 Å². The van der Waals surface area contributed by atoms with Gasteiger partial charge in [-0.2, -0.15) is 0 Å². The van der Waals surface area contributed by atoms with Crippen LogP contribution in [0.2, 0.25) is 0 Å². The van der Waals surface area contributed by atoms with Crippen molar-refractivity contribution in [1.82, 2.24) is 0 Å². The molecule has 0 bridgehead atoms. The molecule has 0 aromatic rings. The van der Waals surface area contributed by atoms with Gasteiger partial charge in [0.1, 0.15) is 0 Å². The zero-order chi connectivity index (χ0) is 0. The second-order valence-electron chi connectivity index (χ2n) is 0. The number of hydrogen-bond donors (Lipinski definition) is 0. The van der Waals surface area contributed by atoms with Crippen molar-refractivity contribution >= 4 is 97.5 Å². The van der Waals surface area contributed by atoms with E-state index in [1.807, 2.05) is 0 Å². The van der Waals surface area contributed by atoms with Gasteiger partial charge < -0.3 is 0 Å². The standard InChI is InChI=1S/BH3.Ca.K.Zn.3H/h1H3;;;;;;. The average molecular weight is 161 g/mol. The first kappa shape index (κ1) is 25.6. The summed E-state index contributed by atoms with van der Waals surface area (Å²) in [6, 6.07) is 0. The summed E-state index contributed by atoms with van der Waals surface area (Å²) in [6.45, 7) is 0. The van der Waals surface area contributed by atoms with Crippen LogP contribution in [-0.2, 0) is 19.5 Å². The van der Waals surface area contributed by atoms with Gasteiger partial charge in [0.25, 0.3) is 0 Å². The van der Waals surface area contributed by atoms with Crippen LogP contribution in [0.1, 0.15) is 0 Å². The minimum atomic E-state index is 0. The van der Waals surface area contributed by atoms with Crippen LogP contribution in [0.15, 0.2) is 0 Å². The maximum Gasteiger partial charge on any atom is 0 e. The predicted octanol–water partition coefficient (Wildman–Crippen LogP) is -2.75. The maximum absolute atomic E-state index is 0. The molecule has 0 atom stereocenters. The molecule has 0 heterocycles. The molecule has 0 unspecified atom stereocenters. The van der Waals surface area contributed by atoms with Gasteiger partial charge in [0, 0.05) is 19.5 Å². The first-order valence-corrected chi connectivity index (χ1v) is 0. The third-order valence-corrected chi connectivity index (χ3v) is 0. The van der Waals surface area contributed by atoms with E-state index < -0.39 is 0 Å². The zero-order valence-corrected chi connectivity index (χ0v) is 3.67. The minimum Gasteiger partial charge on any atom is 0 e. The van der Waals surface area contributed by atoms with Crippen LogP contribution in [0.25, 0.3) is 0 Å². The van der Waals surface area contributed by atoms with Gasteiger partial charge in [-0.3, -0.25) is 0 Å². The SMILES string of the molecule is B.[CaH2].[KH].[Zn]. The molecule has 4 heavy (non-hydrogen) atoms. The zero-order valence-electron chi connectivity index (χ0n) is 0.707. The quantitative estimate of drug-likeness (QED) is 0.338. The van der Waals surface area contributed by atoms with Crippen molar-refractivity contribution in [3.8, 4) is 0 Å². The van der Waals surface area contributed by atoms with E-state index in [-0.39, 0.29) is 117 Å². The van der Waals surface area contributed by atoms with Gasteiger partial charge in [0.05, 0.1) is 8.41 Å². The van der Waals surface area contributed by atoms with Crippen molar-refractivity contribution in [3.63, 3.8) is 0 Å². The molecule has 0 amide bonds. The average Bonchev–Trinajstić information content (AvgIpc) is 0. The Bertz CT molecular complexity index is 8.00. The van der Waals surface area contributed by atoms with E-state index in [0.29, 0.717) is 0 Å². The van der Waals surface area contributed by atoms with Gasteiger partial charge >= 0.3 is 89.1 Å². The van der Waals surface area contributed by atoms with Crippen LogP contribution in [0.4, 0.5) is 0 Å². The summed E-state index contributed by atoms with van der Waals surface area (Å²) in [5, 5.41) is 0. The third-order valence-electron chi connectivity index (χ3n) is 0. The summed E-state index contributed by atoms with van der Waals surface area (Å²) in [4.78, 5) is 0. The molecule has 0 aromatic carbocycles. The molecule has 0 aliphatic rings. The molecule has 0 aliphatic carbocycles. The molecule has 4 heteroatoms. The van der Waals surface area contributed by atoms with Crippen LogP contribution in [0.5, 0.6) is 0 Å². The molecule has 0 N–H and O–H groups in total. The van der Waals surface area contributed by atoms with E-state index in [4.69, 9.17) is 0 Å². The van der Waals surface area contributed by atoms with E-state index in [1.54, 1.807) is 0 Å². The fourth-order valence-corrected chi connectivity index (χ4v) is 0. The Morgan fingerprint density at radius 2 is 1.00 bits per heavy atom. The summed E-state index contributed by atoms with van der Waals surface area (Å²) in [5.41, 5.74) is 0. The molecular weight excluding hydrogens is 155 g/mol. The first-order chi connectivity index (χ1) is 0. The van der Waals surface area contributed by atoms with E-state index >= 15 is 0 Å². The smallest absolute Gasteiger partial charge is 0 e. The van der Waals surface area contributed by atoms with Crippen LogP contribution in [0.3, 0.4) is 0 Å². The molecule has 0 saturated heterocycles. The summed E-state index contributed by atoms with van der Waals surface area (Å²) < 4.78 is 0. The Kier molecular flexibility index (Phi) is 102. The fourth-order valence-electron chi connectivity index (χ4n) is 0. The second kappa shape index (κ2) is 16.0. The third kappa shape index (κ3) is 9.14. The molecule has 0 spiro atoms. The molecule has 0 aliphatic heterocycles. The van der Waals surface area contributed by atoms with E-state index in [1.165, 1.54) is 0 Å². The number of rotatable bonds is 0. The Hall–Kier alpha value is 3.58. The molecule has 0 nitrogen and oxygen atoms in total. The first-order valence-electron chi connectivity index (χ1n) is 0. The summed E-state index contributed by atoms with van der Waals surface area (Å²) in [7, 11) is 0. The van der Waals surface area contributed by atoms with Crippen molar-refractivity contribution in [2.75, 3.05) is 0 Å². The summed E-state index contributed by atoms with van der Waals surface area (Å²) in [6.07, 6.45) is 0. The molecule has 0 aromatic heterocycles. The summed E-state index contributed by atoms with van der Waals surface area (Å²) in [5.74, 6) is 0. The molecule has 0 rings (SSSR count). The van der Waals surface area contributed by atoms with Crippen molar-refractivity contribution in [1.29, 1.82) is 0 Å². The van der Waals surface area contributed by atoms with Gasteiger partial charge in [-0.05, 0) is 0 Å². The maximum atomic E-state index is 0. The summed E-state index contributed by atoms with van der Waals surface area (Å²) >= 11 is 0. The largest absolute Gasteiger partial charge is 0 e. The van der Waals surface area contributed by atoms with Crippen molar-refractivity contribution < 1.29 is 19.5 Å². The Morgan fingerprint density at radius 3 is 1.00 bits per heavy atom. The predicted molar refractivity (Wildman–Crippen MR) is 25.6 cm³/mol. The van der Waals surface area contributed by atoms with Crippen LogP contribution >= 0.6 is 0 Å². The molecule has 0 fully saturated rings. The molecule has 0 radical (unpaired) electrons. The van der Waals surface area contributed by atoms with Crippen LogP contribution < -0.4 is 0 Å². The van der Waals surface area contributed by atoms with Crippen molar-refractivity contribution in [2.24, 2.45) is 0 Å². The van der Waals surface area contributed by atoms with Gasteiger partial charge in [-0.15, -0.1) is 0 Å². The number of hydrogen-bond acceptors (Lipinski definition) is 0. The fraction of sp³-hybridized carbons (Fsp3) is 0. The van der Waals surface area contributed by atoms with Crippen molar-refractivity contribution in [2.45, 2.75) is 0 Å². The van der Waals surface area contributed by atoms with Gasteiger partial charge in [0.15, 0.2) is 0 Å². The molecular formula is H6BCaKZn. The Balaban J connectivity index is 0. The molecule has 14 valence electrons. The van der Waals surface area contributed by atoms with Gasteiger partial charge in [-0.1, -0.05) is 0 Å². The monoisotopic (exact) mass is 160 g/mol. The van der Waals surface area contributed by atoms with Crippen LogP contribution in [-0.4, -0.2) is 97.5 Å². The van der Waals surface area contributed by atoms with Gasteiger partial charge in [-0.25, -0.2) is 0 Å². The minimum absolute atomic E-state index is 0. The van der Waals surface area contributed by atoms with Crippen LogP contribution in [0, 0.1) is 0 Å². The van der Waals surface area contributed by atoms with E-state index in [2.05, 4.69) is 0 Å². The second-order valence-corrected chi connectivity index (χ2v) is 0. The van der Waals surface area contributed by atoms with Crippen molar-refractivity contribution in [3.05, 3.63) is 0 Å². The Labute approximate surface area is 114 Å².